The second kappa shape index (κ2) is 9.90. The molecule has 12 nitrogen and oxygen atoms in total. The molecule has 3 N–H and O–H groups in total. The molecule has 2 bridgehead atoms. The van der Waals surface area contributed by atoms with Gasteiger partial charge in [0.1, 0.15) is 28.7 Å². The second-order valence-corrected chi connectivity index (χ2v) is 12.9. The number of carbonyl (C=O) groups is 1. The topological polar surface area (TPSA) is 165 Å². The fourth-order valence-corrected chi connectivity index (χ4v) is 7.51. The van der Waals surface area contributed by atoms with Crippen LogP contribution >= 0.6 is 0 Å². The van der Waals surface area contributed by atoms with Crippen LogP contribution in [0.1, 0.15) is 47.9 Å². The number of hydrogen-bond acceptors (Lipinski definition) is 9. The summed E-state index contributed by atoms with van der Waals surface area (Å²) in [4.78, 5) is 26.9. The summed E-state index contributed by atoms with van der Waals surface area (Å²) in [6, 6.07) is 6.34. The summed E-state index contributed by atoms with van der Waals surface area (Å²) in [7, 11) is -3.81. The number of sulfone groups is 1. The maximum atomic E-state index is 14.3. The van der Waals surface area contributed by atoms with Gasteiger partial charge in [0, 0.05) is 53.2 Å². The van der Waals surface area contributed by atoms with Crippen LogP contribution in [-0.4, -0.2) is 72.3 Å². The fourth-order valence-electron chi connectivity index (χ4n) is 6.45. The number of carbonyl (C=O) groups excluding carboxylic acids is 1. The number of rotatable bonds is 5. The van der Waals surface area contributed by atoms with E-state index < -0.39 is 21.5 Å². The van der Waals surface area contributed by atoms with Gasteiger partial charge in [0.25, 0.3) is 5.91 Å². The van der Waals surface area contributed by atoms with Crippen LogP contribution in [0.15, 0.2) is 53.9 Å². The van der Waals surface area contributed by atoms with E-state index in [0.29, 0.717) is 41.0 Å². The van der Waals surface area contributed by atoms with Gasteiger partial charge in [-0.25, -0.2) is 22.2 Å². The molecule has 0 spiro atoms. The lowest BCUT2D eigenvalue weighted by Crippen LogP contribution is -2.46. The summed E-state index contributed by atoms with van der Waals surface area (Å²) in [5.41, 5.74) is 8.76. The molecule has 2 atom stereocenters. The Morgan fingerprint density at radius 2 is 1.84 bits per heavy atom. The molecule has 4 aromatic heterocycles. The number of pyridine rings is 1. The first-order valence-corrected chi connectivity index (χ1v) is 15.5. The van der Waals surface area contributed by atoms with Gasteiger partial charge in [0.15, 0.2) is 15.5 Å². The number of nitrogens with zero attached hydrogens (tertiary/aromatic N) is 7. The zero-order valence-electron chi connectivity index (χ0n) is 22.8. The third kappa shape index (κ3) is 4.50. The average molecular weight is 606 g/mol. The number of nitrogens with two attached hydrogens (primary N) is 1. The second-order valence-electron chi connectivity index (χ2n) is 10.9. The molecule has 2 unspecified atom stereocenters. The van der Waals surface area contributed by atoms with Crippen LogP contribution in [0.5, 0.6) is 0 Å². The Kier molecular flexibility index (Phi) is 6.23. The molecule has 7 rings (SSSR count). The number of nitrogens with one attached hydrogen (secondary N) is 1. The number of hydrogen-bond donors (Lipinski definition) is 2. The Bertz CT molecular complexity index is 1980. The first-order valence-electron chi connectivity index (χ1n) is 13.6. The van der Waals surface area contributed by atoms with E-state index in [9.17, 15) is 22.0 Å². The molecule has 43 heavy (non-hydrogen) atoms. The van der Waals surface area contributed by atoms with E-state index in [1.54, 1.807) is 12.1 Å². The summed E-state index contributed by atoms with van der Waals surface area (Å²) in [5.74, 6) is -1.81. The molecule has 1 amide bonds. The minimum atomic E-state index is -3.81. The van der Waals surface area contributed by atoms with Crippen molar-refractivity contribution in [3.63, 3.8) is 0 Å². The zero-order chi connectivity index (χ0) is 30.0. The maximum absolute atomic E-state index is 14.3. The first-order chi connectivity index (χ1) is 20.6. The Labute approximate surface area is 243 Å². The van der Waals surface area contributed by atoms with Crippen LogP contribution < -0.4 is 5.73 Å². The number of benzene rings is 1. The van der Waals surface area contributed by atoms with E-state index in [4.69, 9.17) is 10.7 Å². The number of amides is 1. The lowest BCUT2D eigenvalue weighted by atomic mass is 9.87. The van der Waals surface area contributed by atoms with Crippen LogP contribution in [0.4, 0.5) is 14.6 Å². The molecule has 0 aliphatic carbocycles. The van der Waals surface area contributed by atoms with Crippen molar-refractivity contribution in [3.05, 3.63) is 72.2 Å². The number of nitrogen functional groups attached to an aromatic ring is 1. The Morgan fingerprint density at radius 1 is 1.07 bits per heavy atom. The van der Waals surface area contributed by atoms with Crippen molar-refractivity contribution in [2.75, 3.05) is 12.0 Å². The van der Waals surface area contributed by atoms with E-state index in [1.807, 2.05) is 4.90 Å². The summed E-state index contributed by atoms with van der Waals surface area (Å²) in [5, 5.41) is 11.9. The zero-order valence-corrected chi connectivity index (χ0v) is 23.6. The molecular formula is C28H25F2N9O3S. The summed E-state index contributed by atoms with van der Waals surface area (Å²) < 4.78 is 55.1. The Hall–Kier alpha value is -4.79. The highest BCUT2D eigenvalue weighted by Gasteiger charge is 2.46. The number of piperidine rings is 1. The first kappa shape index (κ1) is 27.1. The number of aromatic amines is 1. The minimum absolute atomic E-state index is 0.0563. The number of halogens is 2. The maximum Gasteiger partial charge on any atom is 0.292 e. The van der Waals surface area contributed by atoms with Crippen molar-refractivity contribution in [2.45, 2.75) is 48.6 Å². The monoisotopic (exact) mass is 605 g/mol. The van der Waals surface area contributed by atoms with Crippen molar-refractivity contribution in [1.29, 1.82) is 0 Å². The standard InChI is InChI=1S/C28H25F2N9O3S/c1-43(41,42)24-23(15-8-17-4-5-18(9-15)38(17)28(40)26-33-13-34-37-26)36-27-20(12-35-39(27)25(24)31)14-2-7-22(32-11-14)19-6-3-16(29)10-21(19)30/h2-3,6-7,10-13,15,17-18H,4-5,8-9,31H2,1H3,(H,33,34,37). The van der Waals surface area contributed by atoms with Crippen molar-refractivity contribution >= 4 is 27.2 Å². The van der Waals surface area contributed by atoms with E-state index in [0.717, 1.165) is 31.2 Å². The number of anilines is 1. The summed E-state index contributed by atoms with van der Waals surface area (Å²) >= 11 is 0. The third-order valence-corrected chi connectivity index (χ3v) is 9.45. The van der Waals surface area contributed by atoms with Crippen molar-refractivity contribution in [1.82, 2.24) is 39.7 Å². The molecule has 2 saturated heterocycles. The normalized spacial score (nSPS) is 20.2. The Morgan fingerprint density at radius 3 is 2.47 bits per heavy atom. The number of fused-ring (bicyclic) bond motifs is 3. The van der Waals surface area contributed by atoms with Crippen molar-refractivity contribution in [2.24, 2.45) is 0 Å². The van der Waals surface area contributed by atoms with E-state index in [2.05, 4.69) is 25.3 Å². The fraction of sp³-hybridized carbons (Fsp3) is 0.286. The highest BCUT2D eigenvalue weighted by Crippen LogP contribution is 2.45. The largest absolute Gasteiger partial charge is 0.382 e. The molecule has 5 aromatic rings. The molecule has 2 fully saturated rings. The van der Waals surface area contributed by atoms with Crippen LogP contribution in [-0.2, 0) is 9.84 Å². The van der Waals surface area contributed by atoms with Gasteiger partial charge in [-0.3, -0.25) is 9.78 Å². The molecular weight excluding hydrogens is 580 g/mol. The van der Waals surface area contributed by atoms with Crippen LogP contribution in [0.25, 0.3) is 28.0 Å². The molecule has 220 valence electrons. The van der Waals surface area contributed by atoms with Gasteiger partial charge in [-0.05, 0) is 43.9 Å². The van der Waals surface area contributed by atoms with E-state index in [-0.39, 0.29) is 46.0 Å². The molecule has 15 heteroatoms. The Balaban J connectivity index is 1.28. The number of aromatic nitrogens is 7. The lowest BCUT2D eigenvalue weighted by molar-refractivity contribution is 0.0556. The van der Waals surface area contributed by atoms with Gasteiger partial charge in [0.05, 0.1) is 17.6 Å². The quantitative estimate of drug-likeness (QED) is 0.305. The molecule has 6 heterocycles. The van der Waals surface area contributed by atoms with E-state index in [1.165, 1.54) is 29.3 Å². The molecule has 1 aromatic carbocycles. The van der Waals surface area contributed by atoms with E-state index >= 15 is 0 Å². The lowest BCUT2D eigenvalue weighted by Gasteiger charge is -2.38. The van der Waals surface area contributed by atoms with Crippen LogP contribution in [0.3, 0.4) is 0 Å². The smallest absolute Gasteiger partial charge is 0.292 e. The summed E-state index contributed by atoms with van der Waals surface area (Å²) in [6.45, 7) is 0. The molecule has 2 aliphatic rings. The van der Waals surface area contributed by atoms with Crippen molar-refractivity contribution in [3.8, 4) is 22.4 Å². The SMILES string of the molecule is CS(=O)(=O)c1c(C2CC3CCC(C2)N3C(=O)c2nnc[nH]2)nc2c(-c3ccc(-c4ccc(F)cc4F)nc3)cnn2c1N. The summed E-state index contributed by atoms with van der Waals surface area (Å²) in [6.07, 6.45) is 8.05. The van der Waals surface area contributed by atoms with Gasteiger partial charge in [-0.1, -0.05) is 6.07 Å². The molecule has 0 radical (unpaired) electrons. The minimum Gasteiger partial charge on any atom is -0.382 e. The van der Waals surface area contributed by atoms with Crippen molar-refractivity contribution < 1.29 is 22.0 Å². The predicted octanol–water partition coefficient (Wildman–Crippen LogP) is 3.39. The van der Waals surface area contributed by atoms with Gasteiger partial charge in [-0.2, -0.15) is 9.61 Å². The van der Waals surface area contributed by atoms with Gasteiger partial charge in [-0.15, -0.1) is 10.2 Å². The van der Waals surface area contributed by atoms with Crippen LogP contribution in [0.2, 0.25) is 0 Å². The number of H-pyrrole nitrogens is 1. The average Bonchev–Trinajstić information content (AvgIpc) is 3.71. The van der Waals surface area contributed by atoms with Gasteiger partial charge < -0.3 is 15.6 Å². The predicted molar refractivity (Wildman–Crippen MR) is 150 cm³/mol. The van der Waals surface area contributed by atoms with Gasteiger partial charge in [0.2, 0.25) is 5.82 Å². The molecule has 0 saturated carbocycles. The van der Waals surface area contributed by atoms with Crippen LogP contribution in [0, 0.1) is 11.6 Å². The highest BCUT2D eigenvalue weighted by molar-refractivity contribution is 7.91. The third-order valence-electron chi connectivity index (χ3n) is 8.29. The highest BCUT2D eigenvalue weighted by atomic mass is 32.2. The molecule has 2 aliphatic heterocycles. The van der Waals surface area contributed by atoms with Gasteiger partial charge >= 0.3 is 0 Å².